The number of benzene rings is 2. The number of hydrazone groups is 1. The Kier molecular flexibility index (Phi) is 4.76. The van der Waals surface area contributed by atoms with Gasteiger partial charge in [-0.3, -0.25) is 5.43 Å². The van der Waals surface area contributed by atoms with E-state index in [2.05, 4.69) is 10.5 Å². The SMILES string of the molecule is CC(=NNc1cc(C(F)(F)F)ccc1Cl)c1ccc2c(c1)OCCO2. The molecule has 0 amide bonds. The molecule has 0 aromatic heterocycles. The molecule has 0 saturated carbocycles. The smallest absolute Gasteiger partial charge is 0.416 e. The highest BCUT2D eigenvalue weighted by molar-refractivity contribution is 6.33. The van der Waals surface area contributed by atoms with Crippen LogP contribution in [0, 0.1) is 0 Å². The lowest BCUT2D eigenvalue weighted by molar-refractivity contribution is -0.137. The second kappa shape index (κ2) is 6.84. The molecule has 3 rings (SSSR count). The molecule has 25 heavy (non-hydrogen) atoms. The zero-order valence-corrected chi connectivity index (χ0v) is 13.9. The average molecular weight is 371 g/mol. The molecular weight excluding hydrogens is 357 g/mol. The molecule has 0 fully saturated rings. The van der Waals surface area contributed by atoms with Gasteiger partial charge in [0, 0.05) is 5.56 Å². The molecule has 0 aliphatic carbocycles. The second-order valence-corrected chi connectivity index (χ2v) is 5.77. The molecule has 0 saturated heterocycles. The molecule has 0 unspecified atom stereocenters. The van der Waals surface area contributed by atoms with Crippen molar-refractivity contribution in [1.29, 1.82) is 0 Å². The van der Waals surface area contributed by atoms with Crippen LogP contribution in [0.25, 0.3) is 0 Å². The maximum absolute atomic E-state index is 12.8. The highest BCUT2D eigenvalue weighted by atomic mass is 35.5. The Labute approximate surface area is 147 Å². The van der Waals surface area contributed by atoms with Crippen LogP contribution in [0.5, 0.6) is 11.5 Å². The van der Waals surface area contributed by atoms with Crippen molar-refractivity contribution in [3.8, 4) is 11.5 Å². The van der Waals surface area contributed by atoms with Crippen molar-refractivity contribution in [3.63, 3.8) is 0 Å². The highest BCUT2D eigenvalue weighted by Crippen LogP contribution is 2.34. The van der Waals surface area contributed by atoms with E-state index in [1.54, 1.807) is 25.1 Å². The zero-order chi connectivity index (χ0) is 18.0. The number of rotatable bonds is 3. The largest absolute Gasteiger partial charge is 0.486 e. The molecule has 4 nitrogen and oxygen atoms in total. The monoisotopic (exact) mass is 370 g/mol. The van der Waals surface area contributed by atoms with Crippen molar-refractivity contribution in [2.75, 3.05) is 18.6 Å². The van der Waals surface area contributed by atoms with Crippen molar-refractivity contribution in [2.24, 2.45) is 5.10 Å². The van der Waals surface area contributed by atoms with Gasteiger partial charge in [-0.2, -0.15) is 18.3 Å². The Bertz CT molecular complexity index is 822. The van der Waals surface area contributed by atoms with E-state index in [-0.39, 0.29) is 10.7 Å². The molecular formula is C17H14ClF3N2O2. The van der Waals surface area contributed by atoms with Crippen LogP contribution < -0.4 is 14.9 Å². The molecule has 2 aromatic rings. The summed E-state index contributed by atoms with van der Waals surface area (Å²) in [6, 6.07) is 8.35. The van der Waals surface area contributed by atoms with Gasteiger partial charge in [0.15, 0.2) is 11.5 Å². The number of hydrogen-bond acceptors (Lipinski definition) is 4. The molecule has 0 spiro atoms. The quantitative estimate of drug-likeness (QED) is 0.613. The third kappa shape index (κ3) is 3.99. The van der Waals surface area contributed by atoms with E-state index in [0.29, 0.717) is 30.4 Å². The normalized spacial score (nSPS) is 14.4. The number of ether oxygens (including phenoxy) is 2. The molecule has 1 aliphatic rings. The molecule has 2 aromatic carbocycles. The minimum Gasteiger partial charge on any atom is -0.486 e. The van der Waals surface area contributed by atoms with Crippen LogP contribution in [0.4, 0.5) is 18.9 Å². The van der Waals surface area contributed by atoms with Crippen LogP contribution in [0.1, 0.15) is 18.1 Å². The Hall–Kier alpha value is -2.41. The van der Waals surface area contributed by atoms with Gasteiger partial charge in [0.1, 0.15) is 13.2 Å². The van der Waals surface area contributed by atoms with Gasteiger partial charge >= 0.3 is 6.18 Å². The first-order valence-corrected chi connectivity index (χ1v) is 7.79. The van der Waals surface area contributed by atoms with Crippen LogP contribution >= 0.6 is 11.6 Å². The van der Waals surface area contributed by atoms with Crippen LogP contribution in [0.2, 0.25) is 5.02 Å². The Morgan fingerprint density at radius 3 is 2.52 bits per heavy atom. The number of hydrogen-bond donors (Lipinski definition) is 1. The van der Waals surface area contributed by atoms with Gasteiger partial charge in [0.05, 0.1) is 22.0 Å². The molecule has 0 atom stereocenters. The second-order valence-electron chi connectivity index (χ2n) is 5.36. The first-order valence-electron chi connectivity index (χ1n) is 7.41. The van der Waals surface area contributed by atoms with Gasteiger partial charge in [0.25, 0.3) is 0 Å². The minimum absolute atomic E-state index is 0.0772. The van der Waals surface area contributed by atoms with E-state index >= 15 is 0 Å². The van der Waals surface area contributed by atoms with Gasteiger partial charge < -0.3 is 9.47 Å². The van der Waals surface area contributed by atoms with E-state index in [4.69, 9.17) is 21.1 Å². The number of alkyl halides is 3. The Morgan fingerprint density at radius 1 is 1.08 bits per heavy atom. The third-order valence-corrected chi connectivity index (χ3v) is 3.93. The summed E-state index contributed by atoms with van der Waals surface area (Å²) in [4.78, 5) is 0. The molecule has 1 heterocycles. The summed E-state index contributed by atoms with van der Waals surface area (Å²) in [6.45, 7) is 2.68. The summed E-state index contributed by atoms with van der Waals surface area (Å²) in [5.41, 5.74) is 3.18. The minimum atomic E-state index is -4.45. The van der Waals surface area contributed by atoms with Crippen molar-refractivity contribution in [2.45, 2.75) is 13.1 Å². The first kappa shape index (κ1) is 17.4. The van der Waals surface area contributed by atoms with Crippen LogP contribution in [0.3, 0.4) is 0 Å². The van der Waals surface area contributed by atoms with Gasteiger partial charge in [0.2, 0.25) is 0 Å². The standard InChI is InChI=1S/C17H14ClF3N2O2/c1-10(11-2-5-15-16(8-11)25-7-6-24-15)22-23-14-9-12(17(19,20)21)3-4-13(14)18/h2-5,8-9,23H,6-7H2,1H3. The van der Waals surface area contributed by atoms with Gasteiger partial charge in [-0.15, -0.1) is 0 Å². The number of nitrogens with one attached hydrogen (secondary N) is 1. The summed E-state index contributed by atoms with van der Waals surface area (Å²) in [6.07, 6.45) is -4.45. The lowest BCUT2D eigenvalue weighted by Crippen LogP contribution is -2.15. The van der Waals surface area contributed by atoms with Crippen molar-refractivity contribution in [3.05, 3.63) is 52.5 Å². The van der Waals surface area contributed by atoms with Gasteiger partial charge in [-0.05, 0) is 43.3 Å². The number of fused-ring (bicyclic) bond motifs is 1. The number of nitrogens with zero attached hydrogens (tertiary/aromatic N) is 1. The molecule has 132 valence electrons. The third-order valence-electron chi connectivity index (χ3n) is 3.60. The summed E-state index contributed by atoms with van der Waals surface area (Å²) in [5.74, 6) is 1.26. The Balaban J connectivity index is 1.82. The fourth-order valence-electron chi connectivity index (χ4n) is 2.26. The number of anilines is 1. The molecule has 0 bridgehead atoms. The summed E-state index contributed by atoms with van der Waals surface area (Å²) in [7, 11) is 0. The average Bonchev–Trinajstić information content (AvgIpc) is 2.59. The van der Waals surface area contributed by atoms with E-state index < -0.39 is 11.7 Å². The molecule has 1 N–H and O–H groups in total. The van der Waals surface area contributed by atoms with E-state index in [9.17, 15) is 13.2 Å². The molecule has 8 heteroatoms. The summed E-state index contributed by atoms with van der Waals surface area (Å²) in [5, 5.41) is 4.26. The van der Waals surface area contributed by atoms with E-state index in [1.165, 1.54) is 6.07 Å². The van der Waals surface area contributed by atoms with E-state index in [1.807, 2.05) is 0 Å². The Morgan fingerprint density at radius 2 is 1.80 bits per heavy atom. The summed E-state index contributed by atoms with van der Waals surface area (Å²) >= 11 is 5.93. The first-order chi connectivity index (χ1) is 11.8. The summed E-state index contributed by atoms with van der Waals surface area (Å²) < 4.78 is 49.3. The fourth-order valence-corrected chi connectivity index (χ4v) is 2.42. The van der Waals surface area contributed by atoms with Gasteiger partial charge in [-0.25, -0.2) is 0 Å². The maximum Gasteiger partial charge on any atom is 0.416 e. The van der Waals surface area contributed by atoms with Crippen LogP contribution in [-0.2, 0) is 6.18 Å². The van der Waals surface area contributed by atoms with Gasteiger partial charge in [-0.1, -0.05) is 11.6 Å². The van der Waals surface area contributed by atoms with E-state index in [0.717, 1.165) is 17.7 Å². The van der Waals surface area contributed by atoms with Crippen molar-refractivity contribution in [1.82, 2.24) is 0 Å². The molecule has 0 radical (unpaired) electrons. The van der Waals surface area contributed by atoms with Crippen LogP contribution in [0.15, 0.2) is 41.5 Å². The predicted molar refractivity (Wildman–Crippen MR) is 89.7 cm³/mol. The van der Waals surface area contributed by atoms with Crippen molar-refractivity contribution >= 4 is 23.0 Å². The fraction of sp³-hybridized carbons (Fsp3) is 0.235. The lowest BCUT2D eigenvalue weighted by atomic mass is 10.1. The predicted octanol–water partition coefficient (Wildman–Crippen LogP) is 4.97. The lowest BCUT2D eigenvalue weighted by Gasteiger charge is -2.18. The van der Waals surface area contributed by atoms with Crippen LogP contribution in [-0.4, -0.2) is 18.9 Å². The molecule has 1 aliphatic heterocycles. The number of halogens is 4. The zero-order valence-electron chi connectivity index (χ0n) is 13.2. The topological polar surface area (TPSA) is 42.9 Å². The van der Waals surface area contributed by atoms with Crippen molar-refractivity contribution < 1.29 is 22.6 Å². The highest BCUT2D eigenvalue weighted by Gasteiger charge is 2.30. The maximum atomic E-state index is 12.8.